The molecule has 2 rings (SSSR count). The molecule has 2 unspecified atom stereocenters. The highest BCUT2D eigenvalue weighted by Crippen LogP contribution is 2.33. The molecule has 1 heterocycles. The minimum Gasteiger partial charge on any atom is -0.497 e. The number of hydrogen-bond donors (Lipinski definition) is 1. The summed E-state index contributed by atoms with van der Waals surface area (Å²) in [5.74, 6) is 3.13. The smallest absolute Gasteiger partial charge is 0.128 e. The molecule has 1 aliphatic rings. The molecule has 1 saturated heterocycles. The van der Waals surface area contributed by atoms with Gasteiger partial charge in [-0.2, -0.15) is 11.8 Å². The van der Waals surface area contributed by atoms with Gasteiger partial charge in [-0.15, -0.1) is 0 Å². The highest BCUT2D eigenvalue weighted by atomic mass is 32.2. The zero-order valence-corrected chi connectivity index (χ0v) is 11.4. The first-order chi connectivity index (χ1) is 8.76. The van der Waals surface area contributed by atoms with E-state index in [-0.39, 0.29) is 6.10 Å². The van der Waals surface area contributed by atoms with E-state index in [2.05, 4.69) is 0 Å². The van der Waals surface area contributed by atoms with Crippen LogP contribution in [0.2, 0.25) is 0 Å². The summed E-state index contributed by atoms with van der Waals surface area (Å²) in [7, 11) is 3.19. The summed E-state index contributed by atoms with van der Waals surface area (Å²) < 4.78 is 16.0. The summed E-state index contributed by atoms with van der Waals surface area (Å²) in [5, 5.41) is 10.4. The Bertz CT molecular complexity index is 391. The van der Waals surface area contributed by atoms with Crippen LogP contribution in [0.25, 0.3) is 0 Å². The van der Waals surface area contributed by atoms with E-state index in [4.69, 9.17) is 14.2 Å². The molecule has 0 amide bonds. The van der Waals surface area contributed by atoms with Crippen molar-refractivity contribution < 1.29 is 19.3 Å². The lowest BCUT2D eigenvalue weighted by Crippen LogP contribution is -2.29. The molecule has 100 valence electrons. The minimum absolute atomic E-state index is 0.175. The molecule has 0 radical (unpaired) electrons. The lowest BCUT2D eigenvalue weighted by atomic mass is 10.0. The Morgan fingerprint density at radius 3 is 2.83 bits per heavy atom. The molecule has 0 spiro atoms. The Labute approximate surface area is 111 Å². The zero-order chi connectivity index (χ0) is 13.0. The summed E-state index contributed by atoms with van der Waals surface area (Å²) in [6.07, 6.45) is -0.843. The van der Waals surface area contributed by atoms with E-state index in [1.165, 1.54) is 0 Å². The van der Waals surface area contributed by atoms with Crippen LogP contribution in [-0.2, 0) is 4.74 Å². The summed E-state index contributed by atoms with van der Waals surface area (Å²) in [5.41, 5.74) is 0.741. The summed E-state index contributed by atoms with van der Waals surface area (Å²) in [6.45, 7) is 0.685. The largest absolute Gasteiger partial charge is 0.497 e. The fourth-order valence-electron chi connectivity index (χ4n) is 1.95. The van der Waals surface area contributed by atoms with Crippen LogP contribution in [0.3, 0.4) is 0 Å². The standard InChI is InChI=1S/C13H18O4S/c1-15-9-3-4-10(11(7-9)16-2)13(14)12-8-18-6-5-17-12/h3-4,7,12-14H,5-6,8H2,1-2H3. The first-order valence-electron chi connectivity index (χ1n) is 5.85. The van der Waals surface area contributed by atoms with Crippen LogP contribution in [0.15, 0.2) is 18.2 Å². The van der Waals surface area contributed by atoms with Crippen molar-refractivity contribution in [2.24, 2.45) is 0 Å². The van der Waals surface area contributed by atoms with Crippen molar-refractivity contribution in [1.82, 2.24) is 0 Å². The molecular formula is C13H18O4S. The van der Waals surface area contributed by atoms with Crippen molar-refractivity contribution in [2.75, 3.05) is 32.3 Å². The van der Waals surface area contributed by atoms with Gasteiger partial charge in [0.1, 0.15) is 17.6 Å². The third kappa shape index (κ3) is 2.91. The number of aliphatic hydroxyl groups excluding tert-OH is 1. The van der Waals surface area contributed by atoms with E-state index < -0.39 is 6.10 Å². The van der Waals surface area contributed by atoms with Gasteiger partial charge in [0.05, 0.1) is 26.9 Å². The molecule has 0 bridgehead atoms. The van der Waals surface area contributed by atoms with E-state index >= 15 is 0 Å². The molecule has 2 atom stereocenters. The van der Waals surface area contributed by atoms with Crippen molar-refractivity contribution in [3.63, 3.8) is 0 Å². The molecule has 1 aromatic carbocycles. The van der Waals surface area contributed by atoms with Crippen LogP contribution in [0.5, 0.6) is 11.5 Å². The van der Waals surface area contributed by atoms with Crippen LogP contribution >= 0.6 is 11.8 Å². The predicted molar refractivity (Wildman–Crippen MR) is 71.6 cm³/mol. The lowest BCUT2D eigenvalue weighted by Gasteiger charge is -2.27. The number of aliphatic hydroxyl groups is 1. The lowest BCUT2D eigenvalue weighted by molar-refractivity contribution is -0.0236. The molecule has 1 aliphatic heterocycles. The van der Waals surface area contributed by atoms with Gasteiger partial charge in [-0.25, -0.2) is 0 Å². The Balaban J connectivity index is 2.20. The molecule has 5 heteroatoms. The number of ether oxygens (including phenoxy) is 3. The molecule has 0 aliphatic carbocycles. The Kier molecular flexibility index (Phi) is 4.74. The van der Waals surface area contributed by atoms with Crippen LogP contribution < -0.4 is 9.47 Å². The molecule has 18 heavy (non-hydrogen) atoms. The number of thioether (sulfide) groups is 1. The molecule has 0 saturated carbocycles. The molecule has 4 nitrogen and oxygen atoms in total. The van der Waals surface area contributed by atoms with Crippen LogP contribution in [0.4, 0.5) is 0 Å². The Hall–Kier alpha value is -0.910. The fourth-order valence-corrected chi connectivity index (χ4v) is 2.84. The second-order valence-corrected chi connectivity index (χ2v) is 5.19. The van der Waals surface area contributed by atoms with Gasteiger partial charge in [0.2, 0.25) is 0 Å². The van der Waals surface area contributed by atoms with Gasteiger partial charge in [-0.05, 0) is 12.1 Å². The SMILES string of the molecule is COc1ccc(C(O)C2CSCCO2)c(OC)c1. The van der Waals surface area contributed by atoms with Gasteiger partial charge in [0.25, 0.3) is 0 Å². The van der Waals surface area contributed by atoms with Gasteiger partial charge in [0.15, 0.2) is 0 Å². The van der Waals surface area contributed by atoms with Crippen LogP contribution in [-0.4, -0.2) is 43.5 Å². The van der Waals surface area contributed by atoms with E-state index in [9.17, 15) is 5.11 Å². The van der Waals surface area contributed by atoms with E-state index in [0.717, 1.165) is 17.1 Å². The van der Waals surface area contributed by atoms with Crippen molar-refractivity contribution in [3.8, 4) is 11.5 Å². The van der Waals surface area contributed by atoms with Gasteiger partial charge in [-0.1, -0.05) is 0 Å². The first kappa shape index (κ1) is 13.5. The van der Waals surface area contributed by atoms with Gasteiger partial charge in [0, 0.05) is 23.1 Å². The Morgan fingerprint density at radius 1 is 1.39 bits per heavy atom. The van der Waals surface area contributed by atoms with E-state index in [1.807, 2.05) is 12.1 Å². The molecule has 1 fully saturated rings. The van der Waals surface area contributed by atoms with Crippen molar-refractivity contribution in [1.29, 1.82) is 0 Å². The first-order valence-corrected chi connectivity index (χ1v) is 7.01. The number of methoxy groups -OCH3 is 2. The number of rotatable bonds is 4. The second-order valence-electron chi connectivity index (χ2n) is 4.04. The maximum atomic E-state index is 10.4. The average Bonchev–Trinajstić information content (AvgIpc) is 2.46. The highest BCUT2D eigenvalue weighted by molar-refractivity contribution is 7.99. The van der Waals surface area contributed by atoms with E-state index in [0.29, 0.717) is 18.1 Å². The molecule has 1 aromatic rings. The normalized spacial score (nSPS) is 21.4. The van der Waals surface area contributed by atoms with Gasteiger partial charge < -0.3 is 19.3 Å². The van der Waals surface area contributed by atoms with Crippen molar-refractivity contribution >= 4 is 11.8 Å². The molecular weight excluding hydrogens is 252 g/mol. The number of hydrogen-bond acceptors (Lipinski definition) is 5. The fraction of sp³-hybridized carbons (Fsp3) is 0.538. The minimum atomic E-state index is -0.668. The maximum Gasteiger partial charge on any atom is 0.128 e. The highest BCUT2D eigenvalue weighted by Gasteiger charge is 2.26. The monoisotopic (exact) mass is 270 g/mol. The van der Waals surface area contributed by atoms with Crippen LogP contribution in [0.1, 0.15) is 11.7 Å². The third-order valence-corrected chi connectivity index (χ3v) is 3.97. The third-order valence-electron chi connectivity index (χ3n) is 2.95. The van der Waals surface area contributed by atoms with Crippen molar-refractivity contribution in [2.45, 2.75) is 12.2 Å². The van der Waals surface area contributed by atoms with Gasteiger partial charge in [-0.3, -0.25) is 0 Å². The quantitative estimate of drug-likeness (QED) is 0.905. The van der Waals surface area contributed by atoms with E-state index in [1.54, 1.807) is 32.0 Å². The average molecular weight is 270 g/mol. The van der Waals surface area contributed by atoms with Crippen molar-refractivity contribution in [3.05, 3.63) is 23.8 Å². The summed E-state index contributed by atoms with van der Waals surface area (Å²) in [4.78, 5) is 0. The number of benzene rings is 1. The zero-order valence-electron chi connectivity index (χ0n) is 10.6. The summed E-state index contributed by atoms with van der Waals surface area (Å²) >= 11 is 1.80. The summed E-state index contributed by atoms with van der Waals surface area (Å²) in [6, 6.07) is 5.41. The second kappa shape index (κ2) is 6.31. The van der Waals surface area contributed by atoms with Gasteiger partial charge >= 0.3 is 0 Å². The Morgan fingerprint density at radius 2 is 2.22 bits per heavy atom. The maximum absolute atomic E-state index is 10.4. The molecule has 1 N–H and O–H groups in total. The van der Waals surface area contributed by atoms with Crippen LogP contribution in [0, 0.1) is 0 Å². The molecule has 0 aromatic heterocycles. The topological polar surface area (TPSA) is 47.9 Å². The predicted octanol–water partition coefficient (Wildman–Crippen LogP) is 1.87.